The normalized spacial score (nSPS) is 17.8. The second kappa shape index (κ2) is 4.61. The number of hydrogen-bond acceptors (Lipinski definition) is 5. The number of imidazole rings is 1. The summed E-state index contributed by atoms with van der Waals surface area (Å²) in [6.07, 6.45) is 1.81. The molecule has 0 fully saturated rings. The van der Waals surface area contributed by atoms with Crippen molar-refractivity contribution >= 4 is 0 Å². The van der Waals surface area contributed by atoms with Gasteiger partial charge < -0.3 is 15.6 Å². The molecule has 0 saturated carbocycles. The first-order chi connectivity index (χ1) is 7.80. The van der Waals surface area contributed by atoms with E-state index in [1.54, 1.807) is 6.20 Å². The minimum atomic E-state index is 0.177. The molecular weight excluding hydrogens is 204 g/mol. The van der Waals surface area contributed by atoms with Crippen LogP contribution < -0.4 is 11.1 Å². The molecule has 0 aromatic carbocycles. The van der Waals surface area contributed by atoms with E-state index in [2.05, 4.69) is 21.3 Å². The smallest absolute Gasteiger partial charge is 0.140 e. The van der Waals surface area contributed by atoms with Crippen molar-refractivity contribution in [2.45, 2.75) is 19.3 Å². The lowest BCUT2D eigenvalue weighted by Gasteiger charge is -2.33. The van der Waals surface area contributed by atoms with Crippen LogP contribution in [0.4, 0.5) is 0 Å². The molecule has 1 aliphatic heterocycles. The Balaban J connectivity index is 2.16. The van der Waals surface area contributed by atoms with E-state index in [1.165, 1.54) is 0 Å². The summed E-state index contributed by atoms with van der Waals surface area (Å²) >= 11 is 0. The topological polar surface area (TPSA) is 82.9 Å². The fourth-order valence-electron chi connectivity index (χ4n) is 2.08. The maximum Gasteiger partial charge on any atom is 0.140 e. The standard InChI is InChI=1S/C10H16N6/c1-13-9(5-12)15-2-3-16-8(4-11)6-14-10(16)7-15/h6,9,13H,2-3,5,7,12H2,1H3. The van der Waals surface area contributed by atoms with Gasteiger partial charge in [-0.3, -0.25) is 4.90 Å². The monoisotopic (exact) mass is 220 g/mol. The first-order valence-corrected chi connectivity index (χ1v) is 5.36. The third-order valence-electron chi connectivity index (χ3n) is 3.01. The van der Waals surface area contributed by atoms with Crippen molar-refractivity contribution in [3.8, 4) is 6.07 Å². The highest BCUT2D eigenvalue weighted by Crippen LogP contribution is 2.14. The van der Waals surface area contributed by atoms with Crippen LogP contribution in [0.25, 0.3) is 0 Å². The molecule has 1 unspecified atom stereocenters. The van der Waals surface area contributed by atoms with Gasteiger partial charge in [-0.2, -0.15) is 5.26 Å². The third kappa shape index (κ3) is 1.80. The van der Waals surface area contributed by atoms with E-state index in [4.69, 9.17) is 11.0 Å². The summed E-state index contributed by atoms with van der Waals surface area (Å²) < 4.78 is 1.97. The van der Waals surface area contributed by atoms with Gasteiger partial charge in [0.25, 0.3) is 0 Å². The molecule has 1 aliphatic rings. The van der Waals surface area contributed by atoms with Crippen molar-refractivity contribution in [2.24, 2.45) is 5.73 Å². The van der Waals surface area contributed by atoms with Gasteiger partial charge in [0.2, 0.25) is 0 Å². The molecule has 0 saturated heterocycles. The van der Waals surface area contributed by atoms with Gasteiger partial charge in [0, 0.05) is 19.6 Å². The number of rotatable bonds is 3. The van der Waals surface area contributed by atoms with Gasteiger partial charge in [0.05, 0.1) is 18.9 Å². The van der Waals surface area contributed by atoms with Crippen LogP contribution in [-0.2, 0) is 13.1 Å². The van der Waals surface area contributed by atoms with Gasteiger partial charge in [-0.25, -0.2) is 4.98 Å². The van der Waals surface area contributed by atoms with E-state index in [9.17, 15) is 0 Å². The molecule has 2 rings (SSSR count). The van der Waals surface area contributed by atoms with Crippen molar-refractivity contribution in [1.29, 1.82) is 5.26 Å². The Hall–Kier alpha value is -1.42. The fraction of sp³-hybridized carbons (Fsp3) is 0.600. The summed E-state index contributed by atoms with van der Waals surface area (Å²) in [4.78, 5) is 6.50. The quantitative estimate of drug-likeness (QED) is 0.688. The number of aromatic nitrogens is 2. The molecule has 6 nitrogen and oxygen atoms in total. The summed E-state index contributed by atoms with van der Waals surface area (Å²) in [5.74, 6) is 0.941. The second-order valence-electron chi connectivity index (χ2n) is 3.83. The van der Waals surface area contributed by atoms with Crippen molar-refractivity contribution < 1.29 is 0 Å². The molecule has 6 heteroatoms. The summed E-state index contributed by atoms with van der Waals surface area (Å²) in [6.45, 7) is 3.00. The first-order valence-electron chi connectivity index (χ1n) is 5.36. The van der Waals surface area contributed by atoms with Crippen LogP contribution in [0, 0.1) is 11.3 Å². The highest BCUT2D eigenvalue weighted by molar-refractivity contribution is 5.21. The Morgan fingerprint density at radius 1 is 1.69 bits per heavy atom. The molecule has 1 aromatic rings. The van der Waals surface area contributed by atoms with Gasteiger partial charge in [-0.15, -0.1) is 0 Å². The molecule has 0 radical (unpaired) electrons. The second-order valence-corrected chi connectivity index (χ2v) is 3.83. The van der Waals surface area contributed by atoms with Gasteiger partial charge in [0.1, 0.15) is 17.6 Å². The Morgan fingerprint density at radius 2 is 2.50 bits per heavy atom. The van der Waals surface area contributed by atoms with Crippen molar-refractivity contribution in [1.82, 2.24) is 19.8 Å². The van der Waals surface area contributed by atoms with Crippen molar-refractivity contribution in [2.75, 3.05) is 20.1 Å². The first kappa shape index (κ1) is 11.1. The van der Waals surface area contributed by atoms with Gasteiger partial charge >= 0.3 is 0 Å². The molecule has 0 amide bonds. The van der Waals surface area contributed by atoms with Crippen LogP contribution in [0.1, 0.15) is 11.5 Å². The van der Waals surface area contributed by atoms with Gasteiger partial charge in [-0.1, -0.05) is 0 Å². The number of nitrogens with zero attached hydrogens (tertiary/aromatic N) is 4. The van der Waals surface area contributed by atoms with Crippen LogP contribution in [0.5, 0.6) is 0 Å². The van der Waals surface area contributed by atoms with E-state index in [0.29, 0.717) is 12.2 Å². The number of nitrogens with one attached hydrogen (secondary N) is 1. The minimum absolute atomic E-state index is 0.177. The molecule has 86 valence electrons. The highest BCUT2D eigenvalue weighted by Gasteiger charge is 2.23. The SMILES string of the molecule is CNC(CN)N1CCn2c(C#N)cnc2C1. The number of likely N-dealkylation sites (N-methyl/N-ethyl adjacent to an activating group) is 1. The van der Waals surface area contributed by atoms with E-state index >= 15 is 0 Å². The molecule has 0 aliphatic carbocycles. The van der Waals surface area contributed by atoms with Gasteiger partial charge in [0.15, 0.2) is 0 Å². The number of nitrogens with two attached hydrogens (primary N) is 1. The lowest BCUT2D eigenvalue weighted by molar-refractivity contribution is 0.137. The average molecular weight is 220 g/mol. The molecule has 2 heterocycles. The molecule has 1 aromatic heterocycles. The van der Waals surface area contributed by atoms with Crippen molar-refractivity contribution in [3.63, 3.8) is 0 Å². The van der Waals surface area contributed by atoms with E-state index in [-0.39, 0.29) is 6.17 Å². The van der Waals surface area contributed by atoms with Crippen LogP contribution in [0.3, 0.4) is 0 Å². The number of fused-ring (bicyclic) bond motifs is 1. The molecule has 1 atom stereocenters. The van der Waals surface area contributed by atoms with E-state index in [1.807, 2.05) is 11.6 Å². The zero-order valence-corrected chi connectivity index (χ0v) is 9.35. The van der Waals surface area contributed by atoms with E-state index in [0.717, 1.165) is 25.5 Å². The summed E-state index contributed by atoms with van der Waals surface area (Å²) in [5, 5.41) is 12.1. The lowest BCUT2D eigenvalue weighted by Crippen LogP contribution is -2.51. The fourth-order valence-corrected chi connectivity index (χ4v) is 2.08. The maximum atomic E-state index is 8.89. The van der Waals surface area contributed by atoms with Gasteiger partial charge in [-0.05, 0) is 7.05 Å². The maximum absolute atomic E-state index is 8.89. The molecular formula is C10H16N6. The zero-order valence-electron chi connectivity index (χ0n) is 9.35. The van der Waals surface area contributed by atoms with Crippen molar-refractivity contribution in [3.05, 3.63) is 17.7 Å². The molecule has 0 bridgehead atoms. The Morgan fingerprint density at radius 3 is 3.12 bits per heavy atom. The summed E-state index contributed by atoms with van der Waals surface area (Å²) in [6, 6.07) is 2.15. The highest BCUT2D eigenvalue weighted by atomic mass is 15.3. The number of hydrogen-bond donors (Lipinski definition) is 2. The van der Waals surface area contributed by atoms with Crippen LogP contribution in [0.2, 0.25) is 0 Å². The molecule has 3 N–H and O–H groups in total. The Bertz CT molecular complexity index is 400. The van der Waals surface area contributed by atoms with E-state index < -0.39 is 0 Å². The molecule has 0 spiro atoms. The third-order valence-corrected chi connectivity index (χ3v) is 3.01. The molecule has 16 heavy (non-hydrogen) atoms. The average Bonchev–Trinajstić information content (AvgIpc) is 2.73. The van der Waals surface area contributed by atoms with Crippen LogP contribution in [-0.4, -0.2) is 40.8 Å². The Labute approximate surface area is 94.7 Å². The predicted molar refractivity (Wildman–Crippen MR) is 59.3 cm³/mol. The number of nitriles is 1. The lowest BCUT2D eigenvalue weighted by atomic mass is 10.3. The minimum Gasteiger partial charge on any atom is -0.328 e. The Kier molecular flexibility index (Phi) is 3.19. The van der Waals surface area contributed by atoms with Crippen LogP contribution in [0.15, 0.2) is 6.20 Å². The predicted octanol–water partition coefficient (Wildman–Crippen LogP) is -0.925. The zero-order chi connectivity index (χ0) is 11.5. The largest absolute Gasteiger partial charge is 0.328 e. The summed E-state index contributed by atoms with van der Waals surface area (Å²) in [5.41, 5.74) is 6.32. The van der Waals surface area contributed by atoms with Crippen LogP contribution >= 0.6 is 0 Å². The summed E-state index contributed by atoms with van der Waals surface area (Å²) in [7, 11) is 1.90.